The van der Waals surface area contributed by atoms with E-state index in [4.69, 9.17) is 11.6 Å². The molecule has 0 unspecified atom stereocenters. The third kappa shape index (κ3) is 4.87. The van der Waals surface area contributed by atoms with E-state index in [-0.39, 0.29) is 5.91 Å². The summed E-state index contributed by atoms with van der Waals surface area (Å²) in [6.07, 6.45) is 7.52. The first-order valence-electron chi connectivity index (χ1n) is 6.11. The molecule has 1 saturated carbocycles. The van der Waals surface area contributed by atoms with Gasteiger partial charge < -0.3 is 5.32 Å². The lowest BCUT2D eigenvalue weighted by atomic mass is 9.84. The summed E-state index contributed by atoms with van der Waals surface area (Å²) in [6.45, 7) is 2.25. The SMILES string of the molecule is CCC1CCC(NC(=O)CCCCl)CC1. The highest BCUT2D eigenvalue weighted by Gasteiger charge is 2.20. The highest BCUT2D eigenvalue weighted by molar-refractivity contribution is 6.17. The Kier molecular flexibility index (Phi) is 6.07. The van der Waals surface area contributed by atoms with Crippen molar-refractivity contribution >= 4 is 17.5 Å². The van der Waals surface area contributed by atoms with Crippen LogP contribution in [0.1, 0.15) is 51.9 Å². The number of carbonyl (C=O) groups is 1. The molecule has 0 aromatic heterocycles. The Bertz CT molecular complexity index is 188. The molecule has 3 heteroatoms. The van der Waals surface area contributed by atoms with Crippen LogP contribution in [0.4, 0.5) is 0 Å². The maximum absolute atomic E-state index is 11.5. The fraction of sp³-hybridized carbons (Fsp3) is 0.917. The van der Waals surface area contributed by atoms with Crippen molar-refractivity contribution in [3.8, 4) is 0 Å². The Balaban J connectivity index is 2.15. The maximum Gasteiger partial charge on any atom is 0.220 e. The second-order valence-corrected chi connectivity index (χ2v) is 4.86. The van der Waals surface area contributed by atoms with E-state index in [0.29, 0.717) is 18.3 Å². The molecule has 0 radical (unpaired) electrons. The summed E-state index contributed by atoms with van der Waals surface area (Å²) in [5, 5.41) is 3.10. The van der Waals surface area contributed by atoms with E-state index in [2.05, 4.69) is 12.2 Å². The number of hydrogen-bond acceptors (Lipinski definition) is 1. The van der Waals surface area contributed by atoms with Gasteiger partial charge in [-0.05, 0) is 38.0 Å². The van der Waals surface area contributed by atoms with Gasteiger partial charge in [-0.3, -0.25) is 4.79 Å². The first-order chi connectivity index (χ1) is 7.26. The Labute approximate surface area is 97.8 Å². The number of alkyl halides is 1. The molecule has 0 bridgehead atoms. The maximum atomic E-state index is 11.5. The van der Waals surface area contributed by atoms with Crippen LogP contribution in [-0.2, 0) is 4.79 Å². The molecule has 0 aliphatic heterocycles. The number of nitrogens with one attached hydrogen (secondary N) is 1. The van der Waals surface area contributed by atoms with Gasteiger partial charge in [-0.2, -0.15) is 0 Å². The number of carbonyl (C=O) groups excluding carboxylic acids is 1. The standard InChI is InChI=1S/C12H22ClNO/c1-2-10-5-7-11(8-6-10)14-12(15)4-3-9-13/h10-11H,2-9H2,1H3,(H,14,15). The molecule has 1 amide bonds. The molecule has 15 heavy (non-hydrogen) atoms. The van der Waals surface area contributed by atoms with E-state index in [9.17, 15) is 4.79 Å². The van der Waals surface area contributed by atoms with Gasteiger partial charge in [0.15, 0.2) is 0 Å². The van der Waals surface area contributed by atoms with E-state index in [1.165, 1.54) is 19.3 Å². The second kappa shape index (κ2) is 7.10. The Morgan fingerprint density at radius 2 is 2.00 bits per heavy atom. The van der Waals surface area contributed by atoms with Crippen LogP contribution in [0.25, 0.3) is 0 Å². The van der Waals surface area contributed by atoms with Crippen molar-refractivity contribution in [1.29, 1.82) is 0 Å². The van der Waals surface area contributed by atoms with Gasteiger partial charge in [0, 0.05) is 18.3 Å². The van der Waals surface area contributed by atoms with Crippen LogP contribution >= 0.6 is 11.6 Å². The minimum Gasteiger partial charge on any atom is -0.353 e. The fourth-order valence-electron chi connectivity index (χ4n) is 2.24. The Morgan fingerprint density at radius 3 is 2.53 bits per heavy atom. The van der Waals surface area contributed by atoms with Crippen LogP contribution in [0, 0.1) is 5.92 Å². The van der Waals surface area contributed by atoms with Crippen molar-refractivity contribution in [3.63, 3.8) is 0 Å². The molecule has 0 saturated heterocycles. The van der Waals surface area contributed by atoms with Crippen LogP contribution in [0.5, 0.6) is 0 Å². The van der Waals surface area contributed by atoms with Gasteiger partial charge in [-0.15, -0.1) is 11.6 Å². The Hall–Kier alpha value is -0.240. The molecule has 2 nitrogen and oxygen atoms in total. The molecule has 0 aromatic rings. The first kappa shape index (κ1) is 12.8. The molecule has 1 rings (SSSR count). The van der Waals surface area contributed by atoms with Gasteiger partial charge in [0.1, 0.15) is 0 Å². The predicted molar refractivity (Wildman–Crippen MR) is 64.1 cm³/mol. The van der Waals surface area contributed by atoms with Gasteiger partial charge >= 0.3 is 0 Å². The number of hydrogen-bond donors (Lipinski definition) is 1. The molecule has 88 valence electrons. The highest BCUT2D eigenvalue weighted by atomic mass is 35.5. The topological polar surface area (TPSA) is 29.1 Å². The van der Waals surface area contributed by atoms with Gasteiger partial charge in [0.05, 0.1) is 0 Å². The molecule has 1 aliphatic carbocycles. The summed E-state index contributed by atoms with van der Waals surface area (Å²) < 4.78 is 0. The van der Waals surface area contributed by atoms with E-state index in [0.717, 1.165) is 25.2 Å². The highest BCUT2D eigenvalue weighted by Crippen LogP contribution is 2.26. The average Bonchev–Trinajstić information content (AvgIpc) is 2.27. The van der Waals surface area contributed by atoms with Crippen LogP contribution < -0.4 is 5.32 Å². The quantitative estimate of drug-likeness (QED) is 0.724. The molecular weight excluding hydrogens is 210 g/mol. The number of halogens is 1. The van der Waals surface area contributed by atoms with Gasteiger partial charge in [-0.25, -0.2) is 0 Å². The molecule has 0 atom stereocenters. The minimum atomic E-state index is 0.176. The van der Waals surface area contributed by atoms with Gasteiger partial charge in [0.25, 0.3) is 0 Å². The molecule has 1 N–H and O–H groups in total. The zero-order valence-corrected chi connectivity index (χ0v) is 10.4. The van der Waals surface area contributed by atoms with Crippen molar-refractivity contribution in [2.24, 2.45) is 5.92 Å². The number of rotatable bonds is 5. The molecule has 1 fully saturated rings. The summed E-state index contributed by atoms with van der Waals surface area (Å²) in [5.74, 6) is 1.65. The van der Waals surface area contributed by atoms with Crippen molar-refractivity contribution < 1.29 is 4.79 Å². The van der Waals surface area contributed by atoms with E-state index in [1.54, 1.807) is 0 Å². The fourth-order valence-corrected chi connectivity index (χ4v) is 2.38. The zero-order valence-electron chi connectivity index (χ0n) is 9.60. The summed E-state index contributed by atoms with van der Waals surface area (Å²) >= 11 is 5.55. The largest absolute Gasteiger partial charge is 0.353 e. The predicted octanol–water partition coefficient (Wildman–Crippen LogP) is 3.09. The van der Waals surface area contributed by atoms with Crippen LogP contribution in [0.15, 0.2) is 0 Å². The van der Waals surface area contributed by atoms with Crippen molar-refractivity contribution in [2.75, 3.05) is 5.88 Å². The van der Waals surface area contributed by atoms with Crippen LogP contribution in [0.2, 0.25) is 0 Å². The van der Waals surface area contributed by atoms with Crippen LogP contribution in [-0.4, -0.2) is 17.8 Å². The molecular formula is C12H22ClNO. The second-order valence-electron chi connectivity index (χ2n) is 4.49. The molecule has 0 spiro atoms. The summed E-state index contributed by atoms with van der Waals surface area (Å²) in [5.41, 5.74) is 0. The minimum absolute atomic E-state index is 0.176. The summed E-state index contributed by atoms with van der Waals surface area (Å²) in [4.78, 5) is 11.5. The normalized spacial score (nSPS) is 26.3. The monoisotopic (exact) mass is 231 g/mol. The lowest BCUT2D eigenvalue weighted by Crippen LogP contribution is -2.37. The summed E-state index contributed by atoms with van der Waals surface area (Å²) in [6, 6.07) is 0.427. The van der Waals surface area contributed by atoms with E-state index >= 15 is 0 Å². The third-order valence-electron chi connectivity index (χ3n) is 3.33. The lowest BCUT2D eigenvalue weighted by Gasteiger charge is -2.28. The van der Waals surface area contributed by atoms with E-state index < -0.39 is 0 Å². The molecule has 1 aliphatic rings. The van der Waals surface area contributed by atoms with E-state index in [1.807, 2.05) is 0 Å². The Morgan fingerprint density at radius 1 is 1.33 bits per heavy atom. The third-order valence-corrected chi connectivity index (χ3v) is 3.59. The summed E-state index contributed by atoms with van der Waals surface area (Å²) in [7, 11) is 0. The van der Waals surface area contributed by atoms with Crippen molar-refractivity contribution in [1.82, 2.24) is 5.32 Å². The zero-order chi connectivity index (χ0) is 11.1. The molecule has 0 heterocycles. The first-order valence-corrected chi connectivity index (χ1v) is 6.65. The molecule has 0 aromatic carbocycles. The van der Waals surface area contributed by atoms with Gasteiger partial charge in [-0.1, -0.05) is 13.3 Å². The van der Waals surface area contributed by atoms with Gasteiger partial charge in [0.2, 0.25) is 5.91 Å². The smallest absolute Gasteiger partial charge is 0.220 e. The lowest BCUT2D eigenvalue weighted by molar-refractivity contribution is -0.122. The van der Waals surface area contributed by atoms with Crippen LogP contribution in [0.3, 0.4) is 0 Å². The number of amides is 1. The van der Waals surface area contributed by atoms with Crippen molar-refractivity contribution in [2.45, 2.75) is 57.9 Å². The van der Waals surface area contributed by atoms with Crippen molar-refractivity contribution in [3.05, 3.63) is 0 Å². The average molecular weight is 232 g/mol.